The summed E-state index contributed by atoms with van der Waals surface area (Å²) in [5, 5.41) is 4.26. The molecular weight excluding hydrogens is 418 g/mol. The van der Waals surface area contributed by atoms with Crippen LogP contribution >= 0.6 is 0 Å². The Labute approximate surface area is 195 Å². The topological polar surface area (TPSA) is 63.0 Å². The Balaban J connectivity index is 1.80. The Kier molecular flexibility index (Phi) is 8.58. The minimum absolute atomic E-state index is 0.587. The lowest BCUT2D eigenvalue weighted by Crippen LogP contribution is -1.95. The van der Waals surface area contributed by atoms with E-state index in [1.54, 1.807) is 14.2 Å². The molecule has 0 saturated carbocycles. The van der Waals surface area contributed by atoms with Crippen molar-refractivity contribution in [2.24, 2.45) is 0 Å². The minimum Gasteiger partial charge on any atom is -0.493 e. The van der Waals surface area contributed by atoms with Gasteiger partial charge in [-0.25, -0.2) is 0 Å². The molecule has 1 aromatic heterocycles. The van der Waals surface area contributed by atoms with E-state index in [0.717, 1.165) is 46.1 Å². The van der Waals surface area contributed by atoms with Gasteiger partial charge in [-0.15, -0.1) is 0 Å². The molecule has 0 radical (unpaired) electrons. The van der Waals surface area contributed by atoms with Gasteiger partial charge in [-0.05, 0) is 67.8 Å². The van der Waals surface area contributed by atoms with E-state index in [9.17, 15) is 0 Å². The molecule has 0 aliphatic rings. The first kappa shape index (κ1) is 24.0. The molecule has 0 atom stereocenters. The summed E-state index contributed by atoms with van der Waals surface area (Å²) in [5.41, 5.74) is 3.80. The van der Waals surface area contributed by atoms with Crippen LogP contribution in [0.2, 0.25) is 0 Å². The zero-order valence-corrected chi connectivity index (χ0v) is 19.9. The van der Waals surface area contributed by atoms with E-state index in [1.165, 1.54) is 0 Å². The molecule has 0 amide bonds. The highest BCUT2D eigenvalue weighted by Gasteiger charge is 2.11. The van der Waals surface area contributed by atoms with Gasteiger partial charge in [-0.1, -0.05) is 36.4 Å². The smallest absolute Gasteiger partial charge is 0.163 e. The van der Waals surface area contributed by atoms with E-state index in [4.69, 9.17) is 23.5 Å². The van der Waals surface area contributed by atoms with Crippen molar-refractivity contribution < 1.29 is 23.5 Å². The zero-order valence-electron chi connectivity index (χ0n) is 19.9. The standard InChI is InChI=1S/C27H31NO5/c1-6-21-22(13-9-19-11-15-24(31-7-2)26(17-19)29-4)28-33-23(21)14-10-20-12-16-25(32-8-3)27(18-20)30-5/h9-18H,6-8H2,1-5H3/b13-9+,14-10+. The Morgan fingerprint density at radius 3 is 1.76 bits per heavy atom. The molecule has 3 rings (SSSR count). The zero-order chi connectivity index (χ0) is 23.6. The van der Waals surface area contributed by atoms with E-state index < -0.39 is 0 Å². The lowest BCUT2D eigenvalue weighted by atomic mass is 10.1. The SMILES string of the molecule is CCOc1ccc(/C=C/c2noc(/C=C/c3ccc(OCC)c(OC)c3)c2CC)cc1OC. The van der Waals surface area contributed by atoms with E-state index in [0.29, 0.717) is 24.7 Å². The molecule has 0 fully saturated rings. The van der Waals surface area contributed by atoms with Crippen LogP contribution in [-0.2, 0) is 6.42 Å². The van der Waals surface area contributed by atoms with Crippen LogP contribution in [0.15, 0.2) is 40.9 Å². The third-order valence-corrected chi connectivity index (χ3v) is 5.04. The second-order valence-corrected chi connectivity index (χ2v) is 7.12. The molecule has 0 aliphatic heterocycles. The summed E-state index contributed by atoms with van der Waals surface area (Å²) in [6.45, 7) is 7.15. The molecule has 6 nitrogen and oxygen atoms in total. The highest BCUT2D eigenvalue weighted by atomic mass is 16.5. The summed E-state index contributed by atoms with van der Waals surface area (Å²) < 4.78 is 27.7. The fourth-order valence-corrected chi connectivity index (χ4v) is 3.42. The molecular formula is C27H31NO5. The summed E-state index contributed by atoms with van der Waals surface area (Å²) >= 11 is 0. The highest BCUT2D eigenvalue weighted by molar-refractivity contribution is 5.75. The molecule has 6 heteroatoms. The van der Waals surface area contributed by atoms with Crippen molar-refractivity contribution in [1.29, 1.82) is 0 Å². The monoisotopic (exact) mass is 449 g/mol. The number of ether oxygens (including phenoxy) is 4. The molecule has 1 heterocycles. The van der Waals surface area contributed by atoms with Crippen molar-refractivity contribution >= 4 is 24.3 Å². The van der Waals surface area contributed by atoms with Gasteiger partial charge >= 0.3 is 0 Å². The van der Waals surface area contributed by atoms with Crippen LogP contribution in [0.3, 0.4) is 0 Å². The Hall–Kier alpha value is -3.67. The number of benzene rings is 2. The van der Waals surface area contributed by atoms with E-state index in [2.05, 4.69) is 12.1 Å². The van der Waals surface area contributed by atoms with Crippen LogP contribution in [-0.4, -0.2) is 32.6 Å². The van der Waals surface area contributed by atoms with Crippen molar-refractivity contribution in [2.75, 3.05) is 27.4 Å². The van der Waals surface area contributed by atoms with E-state index >= 15 is 0 Å². The van der Waals surface area contributed by atoms with Crippen molar-refractivity contribution in [2.45, 2.75) is 27.2 Å². The Morgan fingerprint density at radius 1 is 0.727 bits per heavy atom. The minimum atomic E-state index is 0.587. The van der Waals surface area contributed by atoms with Crippen molar-refractivity contribution in [3.8, 4) is 23.0 Å². The second-order valence-electron chi connectivity index (χ2n) is 7.12. The Morgan fingerprint density at radius 2 is 1.27 bits per heavy atom. The Bertz CT molecular complexity index is 1030. The molecule has 0 aliphatic carbocycles. The average Bonchev–Trinajstić information content (AvgIpc) is 3.24. The number of aromatic nitrogens is 1. The third kappa shape index (κ3) is 5.98. The van der Waals surface area contributed by atoms with Gasteiger partial charge in [0.05, 0.1) is 27.4 Å². The second kappa shape index (κ2) is 11.8. The van der Waals surface area contributed by atoms with Crippen molar-refractivity contribution in [3.63, 3.8) is 0 Å². The van der Waals surface area contributed by atoms with Crippen LogP contribution in [0.25, 0.3) is 24.3 Å². The van der Waals surface area contributed by atoms with Crippen LogP contribution < -0.4 is 18.9 Å². The highest BCUT2D eigenvalue weighted by Crippen LogP contribution is 2.30. The number of rotatable bonds is 11. The van der Waals surface area contributed by atoms with Crippen molar-refractivity contribution in [1.82, 2.24) is 5.16 Å². The third-order valence-electron chi connectivity index (χ3n) is 5.04. The molecule has 0 spiro atoms. The molecule has 0 saturated heterocycles. The number of hydrogen-bond donors (Lipinski definition) is 0. The summed E-state index contributed by atoms with van der Waals surface area (Å²) in [6, 6.07) is 11.6. The maximum absolute atomic E-state index is 5.62. The first-order valence-corrected chi connectivity index (χ1v) is 11.1. The fraction of sp³-hybridized carbons (Fsp3) is 0.296. The molecule has 2 aromatic carbocycles. The number of nitrogens with zero attached hydrogens (tertiary/aromatic N) is 1. The van der Waals surface area contributed by atoms with Gasteiger partial charge in [-0.3, -0.25) is 0 Å². The van der Waals surface area contributed by atoms with E-state index in [-0.39, 0.29) is 0 Å². The summed E-state index contributed by atoms with van der Waals surface area (Å²) in [6.07, 6.45) is 8.64. The van der Waals surface area contributed by atoms with Crippen LogP contribution in [0.5, 0.6) is 23.0 Å². The maximum atomic E-state index is 5.62. The number of methoxy groups -OCH3 is 2. The van der Waals surface area contributed by atoms with Gasteiger partial charge in [0.1, 0.15) is 5.69 Å². The summed E-state index contributed by atoms with van der Waals surface area (Å²) in [5.74, 6) is 3.58. The molecule has 174 valence electrons. The van der Waals surface area contributed by atoms with Crippen LogP contribution in [0.1, 0.15) is 48.9 Å². The van der Waals surface area contributed by atoms with Gasteiger partial charge in [0.2, 0.25) is 0 Å². The quantitative estimate of drug-likeness (QED) is 0.338. The molecule has 0 bridgehead atoms. The molecule has 3 aromatic rings. The molecule has 0 N–H and O–H groups in total. The predicted molar refractivity (Wildman–Crippen MR) is 132 cm³/mol. The molecule has 33 heavy (non-hydrogen) atoms. The lowest BCUT2D eigenvalue weighted by molar-refractivity contribution is 0.311. The lowest BCUT2D eigenvalue weighted by Gasteiger charge is -2.09. The van der Waals surface area contributed by atoms with Gasteiger partial charge in [0.25, 0.3) is 0 Å². The first-order valence-electron chi connectivity index (χ1n) is 11.1. The van der Waals surface area contributed by atoms with Crippen molar-refractivity contribution in [3.05, 3.63) is 64.5 Å². The summed E-state index contributed by atoms with van der Waals surface area (Å²) in [4.78, 5) is 0. The van der Waals surface area contributed by atoms with Gasteiger partial charge in [-0.2, -0.15) is 0 Å². The summed E-state index contributed by atoms with van der Waals surface area (Å²) in [7, 11) is 3.27. The molecule has 0 unspecified atom stereocenters. The normalized spacial score (nSPS) is 11.3. The van der Waals surface area contributed by atoms with Crippen LogP contribution in [0.4, 0.5) is 0 Å². The van der Waals surface area contributed by atoms with Gasteiger partial charge < -0.3 is 23.5 Å². The van der Waals surface area contributed by atoms with Gasteiger partial charge in [0, 0.05) is 5.56 Å². The first-order chi connectivity index (χ1) is 16.1. The predicted octanol–water partition coefficient (Wildman–Crippen LogP) is 6.39. The average molecular weight is 450 g/mol. The van der Waals surface area contributed by atoms with Gasteiger partial charge in [0.15, 0.2) is 28.8 Å². The maximum Gasteiger partial charge on any atom is 0.163 e. The van der Waals surface area contributed by atoms with E-state index in [1.807, 2.05) is 74.5 Å². The largest absolute Gasteiger partial charge is 0.493 e. The number of hydrogen-bond acceptors (Lipinski definition) is 6. The van der Waals surface area contributed by atoms with Crippen LogP contribution in [0, 0.1) is 0 Å². The fourth-order valence-electron chi connectivity index (χ4n) is 3.42.